The van der Waals surface area contributed by atoms with E-state index < -0.39 is 35.1 Å². The molecule has 2 amide bonds. The molecule has 3 rings (SSSR count). The van der Waals surface area contributed by atoms with Crippen molar-refractivity contribution >= 4 is 17.5 Å². The van der Waals surface area contributed by atoms with Crippen LogP contribution in [0.4, 0.5) is 32.0 Å². The van der Waals surface area contributed by atoms with Crippen LogP contribution in [0.25, 0.3) is 0 Å². The molecule has 2 unspecified atom stereocenters. The van der Waals surface area contributed by atoms with E-state index in [-0.39, 0.29) is 30.4 Å². The summed E-state index contributed by atoms with van der Waals surface area (Å²) in [5.41, 5.74) is -3.55. The number of benzene rings is 1. The predicted octanol–water partition coefficient (Wildman–Crippen LogP) is 4.04. The molecular weight excluding hydrogens is 428 g/mol. The quantitative estimate of drug-likeness (QED) is 0.680. The molecule has 0 spiro atoms. The monoisotopic (exact) mass is 451 g/mol. The summed E-state index contributed by atoms with van der Waals surface area (Å²) in [5.74, 6) is -0.932. The lowest BCUT2D eigenvalue weighted by atomic mass is 10.0. The number of amides is 2. The number of hydrogen-bond donors (Lipinski definition) is 2. The molecule has 5 nitrogen and oxygen atoms in total. The van der Waals surface area contributed by atoms with Crippen LogP contribution < -0.4 is 10.6 Å². The number of likely N-dealkylation sites (tertiary alicyclic amines) is 1. The molecule has 1 aromatic rings. The Hall–Kier alpha value is -2.30. The van der Waals surface area contributed by atoms with Gasteiger partial charge in [-0.05, 0) is 49.9 Å². The fraction of sp³-hybridized carbons (Fsp3) is 0.600. The van der Waals surface area contributed by atoms with Crippen LogP contribution in [0.15, 0.2) is 18.2 Å². The molecule has 2 N–H and O–H groups in total. The Kier molecular flexibility index (Phi) is 6.82. The van der Waals surface area contributed by atoms with E-state index in [1.807, 2.05) is 0 Å². The minimum absolute atomic E-state index is 0.00934. The summed E-state index contributed by atoms with van der Waals surface area (Å²) < 4.78 is 77.7. The van der Waals surface area contributed by atoms with E-state index in [0.29, 0.717) is 31.6 Å². The first-order valence-electron chi connectivity index (χ1n) is 10.0. The van der Waals surface area contributed by atoms with Gasteiger partial charge in [-0.3, -0.25) is 9.59 Å². The van der Waals surface area contributed by atoms with Gasteiger partial charge in [0.2, 0.25) is 11.8 Å². The molecular formula is C20H23F6N3O2. The van der Waals surface area contributed by atoms with E-state index in [2.05, 4.69) is 10.6 Å². The SMILES string of the molecule is O=C(CC1CCN(C(=O)C2CCCCN2)C1)Nc1cc(C(F)(F)F)cc(C(F)(F)F)c1. The third-order valence-corrected chi connectivity index (χ3v) is 5.55. The van der Waals surface area contributed by atoms with Gasteiger partial charge in [0.1, 0.15) is 0 Å². The third kappa shape index (κ3) is 6.11. The Morgan fingerprint density at radius 1 is 1.00 bits per heavy atom. The molecule has 2 aliphatic heterocycles. The van der Waals surface area contributed by atoms with Crippen molar-refractivity contribution in [3.05, 3.63) is 29.3 Å². The van der Waals surface area contributed by atoms with Crippen molar-refractivity contribution in [1.29, 1.82) is 0 Å². The van der Waals surface area contributed by atoms with Crippen LogP contribution in [0.3, 0.4) is 0 Å². The molecule has 2 fully saturated rings. The maximum Gasteiger partial charge on any atom is 0.416 e. The molecule has 0 aromatic heterocycles. The van der Waals surface area contributed by atoms with Crippen LogP contribution in [0.5, 0.6) is 0 Å². The lowest BCUT2D eigenvalue weighted by molar-refractivity contribution is -0.143. The molecule has 0 bridgehead atoms. The van der Waals surface area contributed by atoms with Gasteiger partial charge in [-0.1, -0.05) is 6.42 Å². The molecule has 2 atom stereocenters. The first-order chi connectivity index (χ1) is 14.4. The van der Waals surface area contributed by atoms with Gasteiger partial charge < -0.3 is 15.5 Å². The highest BCUT2D eigenvalue weighted by Gasteiger charge is 2.37. The summed E-state index contributed by atoms with van der Waals surface area (Å²) in [5, 5.41) is 5.31. The minimum atomic E-state index is -4.99. The highest BCUT2D eigenvalue weighted by Crippen LogP contribution is 2.37. The molecule has 2 aliphatic rings. The Morgan fingerprint density at radius 2 is 1.65 bits per heavy atom. The van der Waals surface area contributed by atoms with Gasteiger partial charge in [0, 0.05) is 25.2 Å². The summed E-state index contributed by atoms with van der Waals surface area (Å²) in [7, 11) is 0. The van der Waals surface area contributed by atoms with Crippen LogP contribution in [0.1, 0.15) is 43.2 Å². The van der Waals surface area contributed by atoms with Crippen LogP contribution in [0, 0.1) is 5.92 Å². The van der Waals surface area contributed by atoms with Crippen molar-refractivity contribution in [2.75, 3.05) is 25.0 Å². The second-order valence-corrected chi connectivity index (χ2v) is 7.99. The van der Waals surface area contributed by atoms with Crippen LogP contribution >= 0.6 is 0 Å². The predicted molar refractivity (Wildman–Crippen MR) is 100 cm³/mol. The van der Waals surface area contributed by atoms with Gasteiger partial charge in [0.15, 0.2) is 0 Å². The maximum atomic E-state index is 13.0. The zero-order valence-corrected chi connectivity index (χ0v) is 16.6. The lowest BCUT2D eigenvalue weighted by Gasteiger charge is -2.27. The number of piperidine rings is 1. The molecule has 172 valence electrons. The Labute approximate surface area is 175 Å². The van der Waals surface area contributed by atoms with Crippen LogP contribution in [-0.2, 0) is 21.9 Å². The Morgan fingerprint density at radius 3 is 2.19 bits per heavy atom. The number of alkyl halides is 6. The summed E-state index contributed by atoms with van der Waals surface area (Å²) in [6, 6.07) is 0.723. The molecule has 0 aliphatic carbocycles. The molecule has 11 heteroatoms. The Bertz CT molecular complexity index is 786. The number of nitrogens with one attached hydrogen (secondary N) is 2. The summed E-state index contributed by atoms with van der Waals surface area (Å²) >= 11 is 0. The summed E-state index contributed by atoms with van der Waals surface area (Å²) in [6.07, 6.45) is -6.81. The minimum Gasteiger partial charge on any atom is -0.341 e. The van der Waals surface area contributed by atoms with Crippen LogP contribution in [0.2, 0.25) is 0 Å². The van der Waals surface area contributed by atoms with Crippen molar-refractivity contribution in [3.8, 4) is 0 Å². The number of carbonyl (C=O) groups is 2. The van der Waals surface area contributed by atoms with E-state index in [0.717, 1.165) is 25.8 Å². The number of anilines is 1. The standard InChI is InChI=1S/C20H23F6N3O2/c21-19(22,23)13-8-14(20(24,25)26)10-15(9-13)28-17(30)7-12-4-6-29(11-12)18(31)16-3-1-2-5-27-16/h8-10,12,16,27H,1-7,11H2,(H,28,30). The van der Waals surface area contributed by atoms with Crippen LogP contribution in [-0.4, -0.2) is 42.4 Å². The number of hydrogen-bond acceptors (Lipinski definition) is 3. The van der Waals surface area contributed by atoms with E-state index in [4.69, 9.17) is 0 Å². The summed E-state index contributed by atoms with van der Waals surface area (Å²) in [4.78, 5) is 26.5. The van der Waals surface area contributed by atoms with Gasteiger partial charge in [-0.15, -0.1) is 0 Å². The number of rotatable bonds is 4. The van der Waals surface area contributed by atoms with E-state index in [9.17, 15) is 35.9 Å². The normalized spacial score (nSPS) is 22.5. The molecule has 0 saturated carbocycles. The average molecular weight is 451 g/mol. The number of halogens is 6. The number of nitrogens with zero attached hydrogens (tertiary/aromatic N) is 1. The second kappa shape index (κ2) is 9.05. The van der Waals surface area contributed by atoms with Gasteiger partial charge in [-0.25, -0.2) is 0 Å². The van der Waals surface area contributed by atoms with Gasteiger partial charge >= 0.3 is 12.4 Å². The maximum absolute atomic E-state index is 13.0. The van der Waals surface area contributed by atoms with Crippen molar-refractivity contribution in [2.45, 2.75) is 50.5 Å². The Balaban J connectivity index is 1.61. The first kappa shape index (κ1) is 23.4. The zero-order valence-electron chi connectivity index (χ0n) is 16.6. The largest absolute Gasteiger partial charge is 0.416 e. The molecule has 2 heterocycles. The average Bonchev–Trinajstić information content (AvgIpc) is 3.14. The smallest absolute Gasteiger partial charge is 0.341 e. The topological polar surface area (TPSA) is 61.4 Å². The van der Waals surface area contributed by atoms with Crippen molar-refractivity contribution in [1.82, 2.24) is 10.2 Å². The van der Waals surface area contributed by atoms with E-state index in [1.165, 1.54) is 0 Å². The third-order valence-electron chi connectivity index (χ3n) is 5.55. The number of carbonyl (C=O) groups excluding carboxylic acids is 2. The first-order valence-corrected chi connectivity index (χ1v) is 10.0. The second-order valence-electron chi connectivity index (χ2n) is 7.99. The molecule has 1 aromatic carbocycles. The van der Waals surface area contributed by atoms with Gasteiger partial charge in [-0.2, -0.15) is 26.3 Å². The molecule has 2 saturated heterocycles. The molecule has 31 heavy (non-hydrogen) atoms. The van der Waals surface area contributed by atoms with E-state index in [1.54, 1.807) is 4.90 Å². The highest BCUT2D eigenvalue weighted by molar-refractivity contribution is 5.91. The fourth-order valence-electron chi connectivity index (χ4n) is 3.98. The summed E-state index contributed by atoms with van der Waals surface area (Å²) in [6.45, 7) is 1.57. The van der Waals surface area contributed by atoms with Gasteiger partial charge in [0.05, 0.1) is 17.2 Å². The van der Waals surface area contributed by atoms with Crippen molar-refractivity contribution in [3.63, 3.8) is 0 Å². The molecule has 0 radical (unpaired) electrons. The van der Waals surface area contributed by atoms with Crippen molar-refractivity contribution < 1.29 is 35.9 Å². The van der Waals surface area contributed by atoms with Gasteiger partial charge in [0.25, 0.3) is 0 Å². The lowest BCUT2D eigenvalue weighted by Crippen LogP contribution is -2.47. The zero-order chi connectivity index (χ0) is 22.8. The fourth-order valence-corrected chi connectivity index (χ4v) is 3.98. The van der Waals surface area contributed by atoms with Crippen molar-refractivity contribution in [2.24, 2.45) is 5.92 Å². The van der Waals surface area contributed by atoms with E-state index >= 15 is 0 Å². The highest BCUT2D eigenvalue weighted by atomic mass is 19.4.